The van der Waals surface area contributed by atoms with Crippen molar-refractivity contribution in [3.63, 3.8) is 0 Å². The van der Waals surface area contributed by atoms with E-state index in [1.807, 2.05) is 0 Å². The van der Waals surface area contributed by atoms with Crippen molar-refractivity contribution in [3.8, 4) is 0 Å². The van der Waals surface area contributed by atoms with Gasteiger partial charge in [0.15, 0.2) is 0 Å². The minimum atomic E-state index is 0.762. The molecule has 0 aromatic carbocycles. The highest BCUT2D eigenvalue weighted by Crippen LogP contribution is 2.09. The van der Waals surface area contributed by atoms with Gasteiger partial charge in [-0.15, -0.1) is 0 Å². The van der Waals surface area contributed by atoms with E-state index >= 15 is 0 Å². The topological polar surface area (TPSA) is 12.0 Å². The van der Waals surface area contributed by atoms with Gasteiger partial charge in [-0.1, -0.05) is 25.7 Å². The van der Waals surface area contributed by atoms with E-state index in [4.69, 9.17) is 0 Å². The van der Waals surface area contributed by atoms with Gasteiger partial charge in [0, 0.05) is 6.04 Å². The molecular formula is C9H19N. The van der Waals surface area contributed by atoms with Crippen LogP contribution >= 0.6 is 0 Å². The van der Waals surface area contributed by atoms with Crippen LogP contribution in [0.4, 0.5) is 0 Å². The van der Waals surface area contributed by atoms with Crippen LogP contribution in [0.5, 0.6) is 0 Å². The third kappa shape index (κ3) is 3.21. The van der Waals surface area contributed by atoms with E-state index < -0.39 is 0 Å². The van der Waals surface area contributed by atoms with Gasteiger partial charge >= 0.3 is 0 Å². The lowest BCUT2D eigenvalue weighted by atomic mass is 10.1. The molecule has 1 aliphatic heterocycles. The first-order valence-corrected chi connectivity index (χ1v) is 4.63. The minimum Gasteiger partial charge on any atom is -0.314 e. The molecule has 1 heterocycles. The van der Waals surface area contributed by atoms with Gasteiger partial charge in [-0.2, -0.15) is 0 Å². The van der Waals surface area contributed by atoms with Gasteiger partial charge in [-0.25, -0.2) is 0 Å². The molecule has 0 saturated carbocycles. The monoisotopic (exact) mass is 141 g/mol. The SMILES string of the molecule is C[C@@H]1CCCCCCCN1. The summed E-state index contributed by atoms with van der Waals surface area (Å²) in [5.41, 5.74) is 0. The molecule has 1 atom stereocenters. The van der Waals surface area contributed by atoms with Crippen LogP contribution in [-0.4, -0.2) is 12.6 Å². The zero-order valence-corrected chi connectivity index (χ0v) is 7.03. The van der Waals surface area contributed by atoms with Crippen molar-refractivity contribution >= 4 is 0 Å². The molecule has 10 heavy (non-hydrogen) atoms. The molecule has 1 rings (SSSR count). The van der Waals surface area contributed by atoms with Gasteiger partial charge in [0.05, 0.1) is 0 Å². The molecule has 1 fully saturated rings. The third-order valence-electron chi connectivity index (χ3n) is 2.31. The lowest BCUT2D eigenvalue weighted by molar-refractivity contribution is 0.507. The number of hydrogen-bond acceptors (Lipinski definition) is 1. The first-order valence-electron chi connectivity index (χ1n) is 4.63. The van der Waals surface area contributed by atoms with Crippen molar-refractivity contribution in [1.82, 2.24) is 5.32 Å². The Labute approximate surface area is 64.2 Å². The van der Waals surface area contributed by atoms with Crippen LogP contribution < -0.4 is 5.32 Å². The van der Waals surface area contributed by atoms with Gasteiger partial charge in [0.1, 0.15) is 0 Å². The van der Waals surface area contributed by atoms with Crippen molar-refractivity contribution < 1.29 is 0 Å². The van der Waals surface area contributed by atoms with Gasteiger partial charge in [-0.05, 0) is 26.3 Å². The minimum absolute atomic E-state index is 0.762. The second kappa shape index (κ2) is 4.73. The summed E-state index contributed by atoms with van der Waals surface area (Å²) in [4.78, 5) is 0. The van der Waals surface area contributed by atoms with Crippen LogP contribution in [0, 0.1) is 0 Å². The van der Waals surface area contributed by atoms with E-state index in [-0.39, 0.29) is 0 Å². The van der Waals surface area contributed by atoms with Crippen molar-refractivity contribution in [2.75, 3.05) is 6.54 Å². The van der Waals surface area contributed by atoms with Crippen LogP contribution in [-0.2, 0) is 0 Å². The molecule has 1 aliphatic rings. The molecular weight excluding hydrogens is 122 g/mol. The quantitative estimate of drug-likeness (QED) is 0.546. The number of rotatable bonds is 0. The molecule has 1 heteroatoms. The average molecular weight is 141 g/mol. The van der Waals surface area contributed by atoms with Gasteiger partial charge in [0.25, 0.3) is 0 Å². The predicted molar refractivity (Wildman–Crippen MR) is 45.2 cm³/mol. The average Bonchev–Trinajstić information content (AvgIpc) is 2.02. The Morgan fingerprint density at radius 3 is 2.60 bits per heavy atom. The summed E-state index contributed by atoms with van der Waals surface area (Å²) < 4.78 is 0. The summed E-state index contributed by atoms with van der Waals surface area (Å²) in [6.45, 7) is 3.53. The Kier molecular flexibility index (Phi) is 3.81. The molecule has 0 aromatic rings. The zero-order valence-electron chi connectivity index (χ0n) is 7.03. The summed E-state index contributed by atoms with van der Waals surface area (Å²) in [6.07, 6.45) is 8.51. The van der Waals surface area contributed by atoms with E-state index in [0.29, 0.717) is 0 Å². The lowest BCUT2D eigenvalue weighted by Gasteiger charge is -2.10. The predicted octanol–water partition coefficient (Wildman–Crippen LogP) is 2.32. The fourth-order valence-corrected chi connectivity index (χ4v) is 1.56. The summed E-state index contributed by atoms with van der Waals surface area (Å²) in [5.74, 6) is 0. The van der Waals surface area contributed by atoms with Crippen LogP contribution in [0.1, 0.15) is 45.4 Å². The maximum absolute atomic E-state index is 3.52. The fraction of sp³-hybridized carbons (Fsp3) is 1.00. The van der Waals surface area contributed by atoms with Crippen molar-refractivity contribution in [1.29, 1.82) is 0 Å². The van der Waals surface area contributed by atoms with E-state index in [0.717, 1.165) is 6.04 Å². The molecule has 0 aromatic heterocycles. The smallest absolute Gasteiger partial charge is 0.00387 e. The summed E-state index contributed by atoms with van der Waals surface area (Å²) in [7, 11) is 0. The Bertz CT molecular complexity index is 70.8. The highest BCUT2D eigenvalue weighted by atomic mass is 14.9. The number of nitrogens with one attached hydrogen (secondary N) is 1. The second-order valence-corrected chi connectivity index (χ2v) is 3.41. The van der Waals surface area contributed by atoms with Crippen molar-refractivity contribution in [2.24, 2.45) is 0 Å². The third-order valence-corrected chi connectivity index (χ3v) is 2.31. The van der Waals surface area contributed by atoms with Crippen LogP contribution in [0.3, 0.4) is 0 Å². The van der Waals surface area contributed by atoms with E-state index in [2.05, 4.69) is 12.2 Å². The summed E-state index contributed by atoms with van der Waals surface area (Å²) in [5, 5.41) is 3.52. The molecule has 1 N–H and O–H groups in total. The highest BCUT2D eigenvalue weighted by Gasteiger charge is 2.02. The summed E-state index contributed by atoms with van der Waals surface area (Å²) >= 11 is 0. The summed E-state index contributed by atoms with van der Waals surface area (Å²) in [6, 6.07) is 0.762. The van der Waals surface area contributed by atoms with Crippen LogP contribution in [0.2, 0.25) is 0 Å². The highest BCUT2D eigenvalue weighted by molar-refractivity contribution is 4.62. The molecule has 0 spiro atoms. The first-order chi connectivity index (χ1) is 4.89. The second-order valence-electron chi connectivity index (χ2n) is 3.41. The van der Waals surface area contributed by atoms with E-state index in [1.54, 1.807) is 0 Å². The molecule has 60 valence electrons. The molecule has 1 saturated heterocycles. The van der Waals surface area contributed by atoms with Gasteiger partial charge in [0.2, 0.25) is 0 Å². The Morgan fingerprint density at radius 1 is 1.00 bits per heavy atom. The number of hydrogen-bond donors (Lipinski definition) is 1. The molecule has 0 unspecified atom stereocenters. The maximum atomic E-state index is 3.52. The normalized spacial score (nSPS) is 30.3. The van der Waals surface area contributed by atoms with Crippen molar-refractivity contribution in [2.45, 2.75) is 51.5 Å². The van der Waals surface area contributed by atoms with Crippen molar-refractivity contribution in [3.05, 3.63) is 0 Å². The Morgan fingerprint density at radius 2 is 1.70 bits per heavy atom. The van der Waals surface area contributed by atoms with Crippen LogP contribution in [0.25, 0.3) is 0 Å². The Balaban J connectivity index is 2.15. The zero-order chi connectivity index (χ0) is 7.23. The standard InChI is InChI=1S/C9H19N/c1-9-7-5-3-2-4-6-8-10-9/h9-10H,2-8H2,1H3/t9-/m1/s1. The molecule has 1 nitrogen and oxygen atoms in total. The lowest BCUT2D eigenvalue weighted by Crippen LogP contribution is -2.26. The maximum Gasteiger partial charge on any atom is 0.00387 e. The molecule has 0 amide bonds. The van der Waals surface area contributed by atoms with E-state index in [1.165, 1.54) is 45.1 Å². The van der Waals surface area contributed by atoms with Gasteiger partial charge in [-0.3, -0.25) is 0 Å². The van der Waals surface area contributed by atoms with Crippen LogP contribution in [0.15, 0.2) is 0 Å². The van der Waals surface area contributed by atoms with Gasteiger partial charge < -0.3 is 5.32 Å². The Hall–Kier alpha value is -0.0400. The first kappa shape index (κ1) is 8.06. The molecule has 0 aliphatic carbocycles. The molecule has 0 radical (unpaired) electrons. The fourth-order valence-electron chi connectivity index (χ4n) is 1.56. The van der Waals surface area contributed by atoms with E-state index in [9.17, 15) is 0 Å². The largest absolute Gasteiger partial charge is 0.314 e. The molecule has 0 bridgehead atoms.